The maximum Gasteiger partial charge on any atom is 0.251 e. The fourth-order valence-electron chi connectivity index (χ4n) is 3.93. The maximum absolute atomic E-state index is 13.5. The lowest BCUT2D eigenvalue weighted by molar-refractivity contribution is -0.134. The van der Waals surface area contributed by atoms with Gasteiger partial charge < -0.3 is 15.7 Å². The monoisotopic (exact) mass is 497 g/mol. The average Bonchev–Trinajstić information content (AvgIpc) is 3.44. The van der Waals surface area contributed by atoms with Crippen molar-refractivity contribution < 1.29 is 14.7 Å². The Morgan fingerprint density at radius 3 is 2.30 bits per heavy atom. The first-order valence-electron chi connectivity index (χ1n) is 12.2. The lowest BCUT2D eigenvalue weighted by atomic mass is 9.98. The van der Waals surface area contributed by atoms with E-state index in [0.717, 1.165) is 16.7 Å². The van der Waals surface area contributed by atoms with Crippen LogP contribution in [0.15, 0.2) is 97.5 Å². The molecule has 8 nitrogen and oxygen atoms in total. The molecule has 0 aliphatic carbocycles. The normalized spacial score (nSPS) is 12.9. The van der Waals surface area contributed by atoms with Gasteiger partial charge in [-0.1, -0.05) is 66.7 Å². The summed E-state index contributed by atoms with van der Waals surface area (Å²) in [6.45, 7) is 3.66. The Balaban J connectivity index is 1.50. The topological polar surface area (TPSA) is 109 Å². The largest absolute Gasteiger partial charge is 0.381 e. The highest BCUT2D eigenvalue weighted by molar-refractivity contribution is 5.86. The fourth-order valence-corrected chi connectivity index (χ4v) is 3.93. The summed E-state index contributed by atoms with van der Waals surface area (Å²) < 4.78 is 1.60. The first kappa shape index (κ1) is 25.8. The van der Waals surface area contributed by atoms with Crippen LogP contribution in [0, 0.1) is 0 Å². The molecule has 0 aliphatic rings. The molecule has 2 amide bonds. The number of pyridine rings is 1. The number of benzene rings is 2. The summed E-state index contributed by atoms with van der Waals surface area (Å²) in [5, 5.41) is 21.0. The Morgan fingerprint density at radius 2 is 1.62 bits per heavy atom. The smallest absolute Gasteiger partial charge is 0.251 e. The molecule has 8 heteroatoms. The van der Waals surface area contributed by atoms with Gasteiger partial charge >= 0.3 is 0 Å². The van der Waals surface area contributed by atoms with Gasteiger partial charge in [-0.3, -0.25) is 19.3 Å². The van der Waals surface area contributed by atoms with Gasteiger partial charge in [0.2, 0.25) is 5.91 Å². The van der Waals surface area contributed by atoms with Crippen LogP contribution in [0.2, 0.25) is 0 Å². The number of hydrogen-bond acceptors (Lipinski definition) is 5. The zero-order chi connectivity index (χ0) is 26.3. The Morgan fingerprint density at radius 1 is 0.946 bits per heavy atom. The number of nitrogens with one attached hydrogen (secondary N) is 2. The number of amides is 2. The highest BCUT2D eigenvalue weighted by Gasteiger charge is 2.35. The van der Waals surface area contributed by atoms with Crippen molar-refractivity contribution in [2.24, 2.45) is 0 Å². The van der Waals surface area contributed by atoms with E-state index in [1.165, 1.54) is 0 Å². The van der Waals surface area contributed by atoms with E-state index in [1.807, 2.05) is 72.9 Å². The zero-order valence-corrected chi connectivity index (χ0v) is 20.9. The molecular formula is C29H31N5O3. The van der Waals surface area contributed by atoms with Gasteiger partial charge in [0.1, 0.15) is 5.54 Å². The van der Waals surface area contributed by atoms with Crippen molar-refractivity contribution in [3.63, 3.8) is 0 Å². The third-order valence-corrected chi connectivity index (χ3v) is 6.25. The molecule has 0 unspecified atom stereocenters. The van der Waals surface area contributed by atoms with Gasteiger partial charge in [-0.15, -0.1) is 0 Å². The molecule has 2 aromatic heterocycles. The zero-order valence-electron chi connectivity index (χ0n) is 20.9. The molecule has 0 fully saturated rings. The molecule has 2 aromatic carbocycles. The van der Waals surface area contributed by atoms with Gasteiger partial charge in [-0.05, 0) is 43.5 Å². The van der Waals surface area contributed by atoms with Crippen molar-refractivity contribution in [1.82, 2.24) is 25.4 Å². The Bertz CT molecular complexity index is 1310. The van der Waals surface area contributed by atoms with Crippen molar-refractivity contribution >= 4 is 11.8 Å². The molecule has 2 heterocycles. The number of carbonyl (C=O) groups is 2. The van der Waals surface area contributed by atoms with E-state index in [1.54, 1.807) is 43.1 Å². The van der Waals surface area contributed by atoms with Crippen LogP contribution in [-0.4, -0.2) is 43.8 Å². The molecule has 3 N–H and O–H groups in total. The second-order valence-electron chi connectivity index (χ2n) is 9.35. The van der Waals surface area contributed by atoms with Gasteiger partial charge in [0, 0.05) is 18.0 Å². The molecule has 0 bridgehead atoms. The summed E-state index contributed by atoms with van der Waals surface area (Å²) in [7, 11) is 0. The molecule has 0 saturated heterocycles. The minimum atomic E-state index is -1.47. The minimum Gasteiger partial charge on any atom is -0.381 e. The number of hydrogen-bond donors (Lipinski definition) is 3. The molecule has 190 valence electrons. The first-order chi connectivity index (χ1) is 17.8. The molecule has 0 radical (unpaired) electrons. The van der Waals surface area contributed by atoms with E-state index in [-0.39, 0.29) is 18.9 Å². The van der Waals surface area contributed by atoms with Crippen LogP contribution in [0.5, 0.6) is 0 Å². The van der Waals surface area contributed by atoms with Crippen molar-refractivity contribution in [1.29, 1.82) is 0 Å². The summed E-state index contributed by atoms with van der Waals surface area (Å²) in [6, 6.07) is 23.7. The van der Waals surface area contributed by atoms with Crippen molar-refractivity contribution in [2.75, 3.05) is 0 Å². The van der Waals surface area contributed by atoms with Crippen LogP contribution in [0.4, 0.5) is 0 Å². The van der Waals surface area contributed by atoms with Crippen LogP contribution in [0.1, 0.15) is 25.1 Å². The number of aromatic nitrogens is 3. The predicted molar refractivity (Wildman–Crippen MR) is 141 cm³/mol. The second-order valence-corrected chi connectivity index (χ2v) is 9.35. The number of carbonyl (C=O) groups excluding carboxylic acids is 2. The van der Waals surface area contributed by atoms with Crippen molar-refractivity contribution in [2.45, 2.75) is 44.5 Å². The third kappa shape index (κ3) is 6.48. The molecule has 0 spiro atoms. The quantitative estimate of drug-likeness (QED) is 0.312. The fraction of sp³-hybridized carbons (Fsp3) is 0.241. The summed E-state index contributed by atoms with van der Waals surface area (Å²) >= 11 is 0. The highest BCUT2D eigenvalue weighted by Crippen LogP contribution is 2.23. The Labute approximate surface area is 216 Å². The molecule has 2 atom stereocenters. The van der Waals surface area contributed by atoms with Gasteiger partial charge in [-0.25, -0.2) is 0 Å². The van der Waals surface area contributed by atoms with Crippen LogP contribution in [-0.2, 0) is 28.1 Å². The van der Waals surface area contributed by atoms with E-state index >= 15 is 0 Å². The van der Waals surface area contributed by atoms with Crippen molar-refractivity contribution in [3.8, 4) is 11.1 Å². The predicted octanol–water partition coefficient (Wildman–Crippen LogP) is 3.09. The second kappa shape index (κ2) is 11.6. The Kier molecular flexibility index (Phi) is 8.10. The number of nitrogens with zero attached hydrogens (tertiary/aromatic N) is 3. The SMILES string of the molecule is CC(C)(C(=O)N[C@H](Cc1ccccc1)[C@H](O)C(=O)NCc1ccccn1)n1cc(-c2ccccc2)cn1. The molecule has 0 aliphatic heterocycles. The number of aliphatic hydroxyl groups excluding tert-OH is 1. The van der Waals surface area contributed by atoms with Crippen LogP contribution >= 0.6 is 0 Å². The van der Waals surface area contributed by atoms with E-state index in [9.17, 15) is 14.7 Å². The van der Waals surface area contributed by atoms with Gasteiger partial charge in [-0.2, -0.15) is 5.10 Å². The van der Waals surface area contributed by atoms with Gasteiger partial charge in [0.15, 0.2) is 6.10 Å². The molecule has 4 rings (SSSR count). The molecule has 4 aromatic rings. The Hall–Kier alpha value is -4.30. The van der Waals surface area contributed by atoms with Crippen LogP contribution in [0.25, 0.3) is 11.1 Å². The lowest BCUT2D eigenvalue weighted by Crippen LogP contribution is -2.56. The van der Waals surface area contributed by atoms with Crippen LogP contribution in [0.3, 0.4) is 0 Å². The highest BCUT2D eigenvalue weighted by atomic mass is 16.3. The summed E-state index contributed by atoms with van der Waals surface area (Å²) in [5.74, 6) is -0.956. The van der Waals surface area contributed by atoms with Gasteiger partial charge in [0.05, 0.1) is 24.5 Å². The first-order valence-corrected chi connectivity index (χ1v) is 12.2. The molecule has 37 heavy (non-hydrogen) atoms. The number of aliphatic hydroxyl groups is 1. The summed E-state index contributed by atoms with van der Waals surface area (Å²) in [5.41, 5.74) is 2.35. The van der Waals surface area contributed by atoms with Gasteiger partial charge in [0.25, 0.3) is 5.91 Å². The van der Waals surface area contributed by atoms with E-state index in [2.05, 4.69) is 20.7 Å². The summed E-state index contributed by atoms with van der Waals surface area (Å²) in [4.78, 5) is 30.5. The summed E-state index contributed by atoms with van der Waals surface area (Å²) in [6.07, 6.45) is 3.97. The van der Waals surface area contributed by atoms with Crippen LogP contribution < -0.4 is 10.6 Å². The average molecular weight is 498 g/mol. The van der Waals surface area contributed by atoms with Crippen molar-refractivity contribution in [3.05, 3.63) is 109 Å². The van der Waals surface area contributed by atoms with E-state index in [0.29, 0.717) is 5.69 Å². The molecular weight excluding hydrogens is 466 g/mol. The lowest BCUT2D eigenvalue weighted by Gasteiger charge is -2.30. The van der Waals surface area contributed by atoms with E-state index < -0.39 is 23.6 Å². The standard InChI is InChI=1S/C29H31N5O3/c1-29(2,34-20-23(18-32-34)22-13-7-4-8-14-22)28(37)33-25(17-21-11-5-3-6-12-21)26(35)27(36)31-19-24-15-9-10-16-30-24/h3-16,18,20,25-26,35H,17,19H2,1-2H3,(H,31,36)(H,33,37)/t25-,26+/m1/s1. The molecule has 0 saturated carbocycles. The van der Waals surface area contributed by atoms with E-state index in [4.69, 9.17) is 0 Å². The minimum absolute atomic E-state index is 0.170. The maximum atomic E-state index is 13.5. The third-order valence-electron chi connectivity index (χ3n) is 6.25. The number of rotatable bonds is 10.